The third kappa shape index (κ3) is 3.99. The van der Waals surface area contributed by atoms with Crippen LogP contribution in [0.25, 0.3) is 0 Å². The van der Waals surface area contributed by atoms with E-state index in [9.17, 15) is 0 Å². The van der Waals surface area contributed by atoms with Gasteiger partial charge in [0.25, 0.3) is 0 Å². The maximum Gasteiger partial charge on any atom is 0.0986 e. The third-order valence-corrected chi connectivity index (χ3v) is 4.64. The molecule has 0 saturated carbocycles. The smallest absolute Gasteiger partial charge is 0.0986 e. The predicted molar refractivity (Wildman–Crippen MR) is 101 cm³/mol. The Labute approximate surface area is 141 Å². The lowest BCUT2D eigenvalue weighted by Gasteiger charge is -2.38. The molecule has 1 unspecified atom stereocenters. The minimum atomic E-state index is 0.367. The first-order chi connectivity index (χ1) is 11.0. The van der Waals surface area contributed by atoms with Gasteiger partial charge in [-0.25, -0.2) is 0 Å². The van der Waals surface area contributed by atoms with E-state index in [1.165, 1.54) is 23.4 Å². The van der Waals surface area contributed by atoms with E-state index in [1.807, 2.05) is 0 Å². The second-order valence-electron chi connectivity index (χ2n) is 6.63. The maximum atomic E-state index is 4.06. The molecule has 2 aliphatic heterocycles. The Balaban J connectivity index is 0.000000595. The van der Waals surface area contributed by atoms with Crippen LogP contribution in [0.2, 0.25) is 0 Å². The van der Waals surface area contributed by atoms with Crippen LogP contribution in [0, 0.1) is 0 Å². The molecule has 2 aliphatic rings. The maximum absolute atomic E-state index is 4.06. The van der Waals surface area contributed by atoms with E-state index in [1.54, 1.807) is 0 Å². The summed E-state index contributed by atoms with van der Waals surface area (Å²) in [5.41, 5.74) is 3.89. The number of rotatable bonds is 1. The van der Waals surface area contributed by atoms with Crippen molar-refractivity contribution < 1.29 is 0 Å². The molecular formula is C19H32N4. The standard InChI is InChI=1S/C16H24N4.C3H8/c1-12-15-11-14(20-9-7-18(3)8-10-20)5-6-16(15)17-13(2)19(12)4;1-3-2/h5-6,11-12,17H,2,7-10H2,1,3-4H3;3H2,1-2H3. The molecule has 0 radical (unpaired) electrons. The second-order valence-corrected chi connectivity index (χ2v) is 6.63. The van der Waals surface area contributed by atoms with E-state index in [2.05, 4.69) is 79.7 Å². The molecule has 0 aromatic heterocycles. The van der Waals surface area contributed by atoms with Crippen LogP contribution in [0.4, 0.5) is 11.4 Å². The van der Waals surface area contributed by atoms with Crippen molar-refractivity contribution in [1.29, 1.82) is 0 Å². The van der Waals surface area contributed by atoms with Crippen LogP contribution < -0.4 is 10.2 Å². The minimum absolute atomic E-state index is 0.367. The van der Waals surface area contributed by atoms with Gasteiger partial charge in [-0.3, -0.25) is 0 Å². The van der Waals surface area contributed by atoms with E-state index >= 15 is 0 Å². The number of piperazine rings is 1. The van der Waals surface area contributed by atoms with E-state index in [-0.39, 0.29) is 0 Å². The van der Waals surface area contributed by atoms with Crippen molar-refractivity contribution in [2.45, 2.75) is 33.2 Å². The van der Waals surface area contributed by atoms with Gasteiger partial charge in [0.1, 0.15) is 0 Å². The number of benzene rings is 1. The molecule has 23 heavy (non-hydrogen) atoms. The predicted octanol–water partition coefficient (Wildman–Crippen LogP) is 3.74. The first kappa shape index (κ1) is 17.7. The lowest BCUT2D eigenvalue weighted by Crippen LogP contribution is -2.44. The average molecular weight is 316 g/mol. The molecule has 2 heterocycles. The SMILES string of the molecule is C=C1Nc2ccc(N3CCN(C)CC3)cc2C(C)N1C.CCC. The summed E-state index contributed by atoms with van der Waals surface area (Å²) in [4.78, 5) is 7.06. The van der Waals surface area contributed by atoms with Gasteiger partial charge >= 0.3 is 0 Å². The first-order valence-corrected chi connectivity index (χ1v) is 8.74. The summed E-state index contributed by atoms with van der Waals surface area (Å²) in [6.07, 6.45) is 1.25. The molecule has 1 N–H and O–H groups in total. The number of hydrogen-bond acceptors (Lipinski definition) is 4. The molecule has 128 valence electrons. The Morgan fingerprint density at radius 3 is 2.35 bits per heavy atom. The Bertz CT molecular complexity index is 532. The van der Waals surface area contributed by atoms with Crippen molar-refractivity contribution in [2.75, 3.05) is 50.5 Å². The highest BCUT2D eigenvalue weighted by molar-refractivity contribution is 5.65. The van der Waals surface area contributed by atoms with Crippen molar-refractivity contribution in [3.63, 3.8) is 0 Å². The van der Waals surface area contributed by atoms with Gasteiger partial charge in [0, 0.05) is 44.6 Å². The van der Waals surface area contributed by atoms with Crippen LogP contribution in [0.3, 0.4) is 0 Å². The van der Waals surface area contributed by atoms with Crippen LogP contribution in [-0.2, 0) is 0 Å². The highest BCUT2D eigenvalue weighted by atomic mass is 15.3. The quantitative estimate of drug-likeness (QED) is 0.852. The van der Waals surface area contributed by atoms with Gasteiger partial charge in [-0.1, -0.05) is 26.8 Å². The summed E-state index contributed by atoms with van der Waals surface area (Å²) in [7, 11) is 4.28. The summed E-state index contributed by atoms with van der Waals surface area (Å²) in [6.45, 7) is 15.1. The van der Waals surface area contributed by atoms with Crippen LogP contribution in [0.5, 0.6) is 0 Å². The first-order valence-electron chi connectivity index (χ1n) is 8.74. The van der Waals surface area contributed by atoms with Crippen molar-refractivity contribution >= 4 is 11.4 Å². The normalized spacial score (nSPS) is 21.3. The monoisotopic (exact) mass is 316 g/mol. The summed E-state index contributed by atoms with van der Waals surface area (Å²) < 4.78 is 0. The fraction of sp³-hybridized carbons (Fsp3) is 0.579. The zero-order valence-corrected chi connectivity index (χ0v) is 15.4. The summed E-state index contributed by atoms with van der Waals surface area (Å²) in [5.74, 6) is 0.970. The summed E-state index contributed by atoms with van der Waals surface area (Å²) >= 11 is 0. The van der Waals surface area contributed by atoms with Crippen LogP contribution in [0.1, 0.15) is 38.8 Å². The molecule has 0 aliphatic carbocycles. The van der Waals surface area contributed by atoms with E-state index in [0.717, 1.165) is 32.0 Å². The molecule has 1 atom stereocenters. The molecular weight excluding hydrogens is 284 g/mol. The second kappa shape index (κ2) is 7.73. The molecule has 0 spiro atoms. The van der Waals surface area contributed by atoms with Gasteiger partial charge in [0.05, 0.1) is 11.9 Å². The van der Waals surface area contributed by atoms with Gasteiger partial charge in [0.2, 0.25) is 0 Å². The van der Waals surface area contributed by atoms with E-state index < -0.39 is 0 Å². The van der Waals surface area contributed by atoms with Gasteiger partial charge in [-0.15, -0.1) is 0 Å². The molecule has 0 bridgehead atoms. The lowest BCUT2D eigenvalue weighted by molar-refractivity contribution is 0.312. The molecule has 1 fully saturated rings. The molecule has 3 rings (SSSR count). The number of fused-ring (bicyclic) bond motifs is 1. The summed E-state index contributed by atoms with van der Waals surface area (Å²) in [6, 6.07) is 7.12. The number of nitrogens with zero attached hydrogens (tertiary/aromatic N) is 3. The molecule has 1 aromatic rings. The fourth-order valence-electron chi connectivity index (χ4n) is 2.96. The Hall–Kier alpha value is -1.68. The van der Waals surface area contributed by atoms with E-state index in [0.29, 0.717) is 6.04 Å². The molecule has 1 aromatic carbocycles. The fourth-order valence-corrected chi connectivity index (χ4v) is 2.96. The molecule has 4 heteroatoms. The topological polar surface area (TPSA) is 21.8 Å². The van der Waals surface area contributed by atoms with Gasteiger partial charge in [-0.05, 0) is 37.7 Å². The van der Waals surface area contributed by atoms with Crippen molar-refractivity contribution in [3.05, 3.63) is 36.2 Å². The van der Waals surface area contributed by atoms with Crippen LogP contribution >= 0.6 is 0 Å². The number of likely N-dealkylation sites (N-methyl/N-ethyl adjacent to an activating group) is 1. The third-order valence-electron chi connectivity index (χ3n) is 4.64. The zero-order valence-electron chi connectivity index (χ0n) is 15.4. The molecule has 0 amide bonds. The van der Waals surface area contributed by atoms with Crippen molar-refractivity contribution in [2.24, 2.45) is 0 Å². The van der Waals surface area contributed by atoms with Crippen molar-refractivity contribution in [1.82, 2.24) is 9.80 Å². The molecule has 4 nitrogen and oxygen atoms in total. The van der Waals surface area contributed by atoms with Crippen molar-refractivity contribution in [3.8, 4) is 0 Å². The lowest BCUT2D eigenvalue weighted by atomic mass is 10.0. The van der Waals surface area contributed by atoms with E-state index in [4.69, 9.17) is 0 Å². The Kier molecular flexibility index (Phi) is 5.94. The number of hydrogen-bond donors (Lipinski definition) is 1. The zero-order chi connectivity index (χ0) is 17.0. The molecule has 1 saturated heterocycles. The van der Waals surface area contributed by atoms with Crippen LogP contribution in [-0.4, -0.2) is 50.1 Å². The average Bonchev–Trinajstić information content (AvgIpc) is 2.54. The largest absolute Gasteiger partial charge is 0.369 e. The number of nitrogens with one attached hydrogen (secondary N) is 1. The van der Waals surface area contributed by atoms with Gasteiger partial charge < -0.3 is 20.0 Å². The van der Waals surface area contributed by atoms with Gasteiger partial charge in [-0.2, -0.15) is 0 Å². The van der Waals surface area contributed by atoms with Crippen LogP contribution in [0.15, 0.2) is 30.6 Å². The number of anilines is 2. The summed E-state index contributed by atoms with van der Waals surface area (Å²) in [5, 5.41) is 3.38. The highest BCUT2D eigenvalue weighted by Gasteiger charge is 2.24. The highest BCUT2D eigenvalue weighted by Crippen LogP contribution is 2.36. The Morgan fingerprint density at radius 2 is 1.74 bits per heavy atom. The van der Waals surface area contributed by atoms with Gasteiger partial charge in [0.15, 0.2) is 0 Å². The Morgan fingerprint density at radius 1 is 1.13 bits per heavy atom. The minimum Gasteiger partial charge on any atom is -0.369 e.